The molecule has 4 heteroatoms. The van der Waals surface area contributed by atoms with Gasteiger partial charge in [-0.2, -0.15) is 0 Å². The van der Waals surface area contributed by atoms with Gasteiger partial charge in [0.05, 0.1) is 0 Å². The SMILES string of the molecule is Cc1cc2c(N)[nH]c(N)c2cc1F. The lowest BCUT2D eigenvalue weighted by Crippen LogP contribution is -1.86. The second kappa shape index (κ2) is 2.39. The van der Waals surface area contributed by atoms with E-state index in [2.05, 4.69) is 4.98 Å². The van der Waals surface area contributed by atoms with Gasteiger partial charge in [0.15, 0.2) is 0 Å². The first-order valence-corrected chi connectivity index (χ1v) is 3.92. The summed E-state index contributed by atoms with van der Waals surface area (Å²) >= 11 is 0. The Labute approximate surface area is 74.5 Å². The van der Waals surface area contributed by atoms with Gasteiger partial charge in [0, 0.05) is 10.8 Å². The number of hydrogen-bond donors (Lipinski definition) is 3. The van der Waals surface area contributed by atoms with Crippen LogP contribution in [0.1, 0.15) is 5.56 Å². The molecule has 5 N–H and O–H groups in total. The van der Waals surface area contributed by atoms with Crippen LogP contribution >= 0.6 is 0 Å². The number of nitrogens with two attached hydrogens (primary N) is 2. The maximum absolute atomic E-state index is 13.1. The molecule has 0 saturated heterocycles. The maximum atomic E-state index is 13.1. The van der Waals surface area contributed by atoms with Gasteiger partial charge in [-0.15, -0.1) is 0 Å². The van der Waals surface area contributed by atoms with Crippen molar-refractivity contribution in [3.05, 3.63) is 23.5 Å². The van der Waals surface area contributed by atoms with Crippen molar-refractivity contribution >= 4 is 22.4 Å². The summed E-state index contributed by atoms with van der Waals surface area (Å²) in [6, 6.07) is 3.08. The van der Waals surface area contributed by atoms with E-state index in [-0.39, 0.29) is 5.82 Å². The van der Waals surface area contributed by atoms with E-state index in [9.17, 15) is 4.39 Å². The summed E-state index contributed by atoms with van der Waals surface area (Å²) in [4.78, 5) is 2.76. The first-order chi connectivity index (χ1) is 6.09. The molecule has 13 heavy (non-hydrogen) atoms. The fourth-order valence-electron chi connectivity index (χ4n) is 1.41. The summed E-state index contributed by atoms with van der Waals surface area (Å²) in [6.07, 6.45) is 0. The van der Waals surface area contributed by atoms with Crippen molar-refractivity contribution in [3.63, 3.8) is 0 Å². The van der Waals surface area contributed by atoms with Crippen LogP contribution < -0.4 is 11.5 Å². The Bertz CT molecular complexity index is 431. The van der Waals surface area contributed by atoms with Gasteiger partial charge in [0.1, 0.15) is 17.5 Å². The molecular weight excluding hydrogens is 169 g/mol. The normalized spacial score (nSPS) is 10.9. The van der Waals surface area contributed by atoms with E-state index in [1.165, 1.54) is 6.07 Å². The van der Waals surface area contributed by atoms with Crippen LogP contribution in [-0.4, -0.2) is 4.98 Å². The van der Waals surface area contributed by atoms with E-state index in [0.717, 1.165) is 5.39 Å². The third-order valence-corrected chi connectivity index (χ3v) is 2.15. The van der Waals surface area contributed by atoms with Crippen LogP contribution in [0.3, 0.4) is 0 Å². The Morgan fingerprint density at radius 3 is 2.31 bits per heavy atom. The molecule has 0 radical (unpaired) electrons. The van der Waals surface area contributed by atoms with Gasteiger partial charge in [0.2, 0.25) is 0 Å². The number of hydrogen-bond acceptors (Lipinski definition) is 2. The van der Waals surface area contributed by atoms with E-state index in [0.29, 0.717) is 22.6 Å². The maximum Gasteiger partial charge on any atom is 0.126 e. The van der Waals surface area contributed by atoms with E-state index < -0.39 is 0 Å². The van der Waals surface area contributed by atoms with Crippen LogP contribution in [0, 0.1) is 12.7 Å². The number of aromatic amines is 1. The fraction of sp³-hybridized carbons (Fsp3) is 0.111. The second-order valence-corrected chi connectivity index (χ2v) is 3.10. The molecule has 0 aliphatic heterocycles. The topological polar surface area (TPSA) is 67.8 Å². The molecule has 0 saturated carbocycles. The number of aromatic nitrogens is 1. The van der Waals surface area contributed by atoms with E-state index in [1.54, 1.807) is 13.0 Å². The monoisotopic (exact) mass is 179 g/mol. The molecule has 0 atom stereocenters. The van der Waals surface area contributed by atoms with Gasteiger partial charge in [0.25, 0.3) is 0 Å². The Morgan fingerprint density at radius 1 is 1.15 bits per heavy atom. The average molecular weight is 179 g/mol. The van der Waals surface area contributed by atoms with E-state index in [1.807, 2.05) is 0 Å². The Balaban J connectivity index is 2.91. The van der Waals surface area contributed by atoms with Crippen molar-refractivity contribution in [1.29, 1.82) is 0 Å². The Kier molecular flexibility index (Phi) is 1.45. The largest absolute Gasteiger partial charge is 0.385 e. The predicted octanol–water partition coefficient (Wildman–Crippen LogP) is 1.78. The van der Waals surface area contributed by atoms with Crippen LogP contribution in [-0.2, 0) is 0 Å². The van der Waals surface area contributed by atoms with Crippen molar-refractivity contribution in [1.82, 2.24) is 4.98 Å². The molecule has 0 bridgehead atoms. The zero-order chi connectivity index (χ0) is 9.59. The van der Waals surface area contributed by atoms with Gasteiger partial charge in [-0.1, -0.05) is 0 Å². The lowest BCUT2D eigenvalue weighted by molar-refractivity contribution is 0.620. The number of benzene rings is 1. The van der Waals surface area contributed by atoms with Crippen LogP contribution in [0.4, 0.5) is 16.0 Å². The standard InChI is InChI=1S/C9H10FN3/c1-4-2-5-6(3-7(4)10)9(12)13-8(5)11/h2-3,13H,11-12H2,1H3. The molecule has 0 spiro atoms. The van der Waals surface area contributed by atoms with Crippen molar-refractivity contribution < 1.29 is 4.39 Å². The quantitative estimate of drug-likeness (QED) is 0.577. The van der Waals surface area contributed by atoms with E-state index in [4.69, 9.17) is 11.5 Å². The van der Waals surface area contributed by atoms with Gasteiger partial charge in [-0.05, 0) is 24.6 Å². The molecule has 0 aliphatic rings. The summed E-state index contributed by atoms with van der Waals surface area (Å²) in [5.74, 6) is 0.625. The highest BCUT2D eigenvalue weighted by Gasteiger charge is 2.08. The van der Waals surface area contributed by atoms with Crippen LogP contribution in [0.2, 0.25) is 0 Å². The summed E-state index contributed by atoms with van der Waals surface area (Å²) in [7, 11) is 0. The van der Waals surface area contributed by atoms with Crippen molar-refractivity contribution in [3.8, 4) is 0 Å². The summed E-state index contributed by atoms with van der Waals surface area (Å²) in [5, 5.41) is 1.41. The molecule has 1 aromatic heterocycles. The molecule has 1 aromatic carbocycles. The van der Waals surface area contributed by atoms with Gasteiger partial charge >= 0.3 is 0 Å². The first-order valence-electron chi connectivity index (χ1n) is 3.92. The number of anilines is 2. The number of rotatable bonds is 0. The highest BCUT2D eigenvalue weighted by Crippen LogP contribution is 2.28. The number of H-pyrrole nitrogens is 1. The summed E-state index contributed by atoms with van der Waals surface area (Å²) < 4.78 is 13.1. The minimum Gasteiger partial charge on any atom is -0.385 e. The number of aryl methyl sites for hydroxylation is 1. The number of nitrogens with one attached hydrogen (secondary N) is 1. The minimum atomic E-state index is -0.266. The molecule has 0 fully saturated rings. The van der Waals surface area contributed by atoms with Crippen LogP contribution in [0.15, 0.2) is 12.1 Å². The summed E-state index contributed by atoms with van der Waals surface area (Å²) in [5.41, 5.74) is 11.8. The first kappa shape index (κ1) is 7.91. The molecule has 0 amide bonds. The predicted molar refractivity (Wildman–Crippen MR) is 51.8 cm³/mol. The number of fused-ring (bicyclic) bond motifs is 1. The highest BCUT2D eigenvalue weighted by molar-refractivity contribution is 6.00. The lowest BCUT2D eigenvalue weighted by Gasteiger charge is -1.97. The molecule has 2 aromatic rings. The Morgan fingerprint density at radius 2 is 1.69 bits per heavy atom. The van der Waals surface area contributed by atoms with Crippen LogP contribution in [0.5, 0.6) is 0 Å². The third-order valence-electron chi connectivity index (χ3n) is 2.15. The molecule has 2 rings (SSSR count). The number of nitrogen functional groups attached to an aromatic ring is 2. The second-order valence-electron chi connectivity index (χ2n) is 3.10. The zero-order valence-corrected chi connectivity index (χ0v) is 7.19. The van der Waals surface area contributed by atoms with Gasteiger partial charge in [-0.3, -0.25) is 0 Å². The minimum absolute atomic E-state index is 0.266. The fourth-order valence-corrected chi connectivity index (χ4v) is 1.41. The molecule has 1 heterocycles. The Hall–Kier alpha value is -1.71. The number of halogens is 1. The van der Waals surface area contributed by atoms with E-state index >= 15 is 0 Å². The van der Waals surface area contributed by atoms with Crippen molar-refractivity contribution in [2.24, 2.45) is 0 Å². The van der Waals surface area contributed by atoms with Gasteiger partial charge < -0.3 is 16.5 Å². The highest BCUT2D eigenvalue weighted by atomic mass is 19.1. The smallest absolute Gasteiger partial charge is 0.126 e. The van der Waals surface area contributed by atoms with Crippen LogP contribution in [0.25, 0.3) is 10.8 Å². The summed E-state index contributed by atoms with van der Waals surface area (Å²) in [6.45, 7) is 1.69. The molecule has 68 valence electrons. The molecule has 0 aliphatic carbocycles. The van der Waals surface area contributed by atoms with Gasteiger partial charge in [-0.25, -0.2) is 4.39 Å². The lowest BCUT2D eigenvalue weighted by atomic mass is 10.1. The molecular formula is C9H10FN3. The zero-order valence-electron chi connectivity index (χ0n) is 7.19. The van der Waals surface area contributed by atoms with Crippen molar-refractivity contribution in [2.75, 3.05) is 11.5 Å². The molecule has 0 unspecified atom stereocenters. The van der Waals surface area contributed by atoms with Crippen molar-refractivity contribution in [2.45, 2.75) is 6.92 Å². The third kappa shape index (κ3) is 1.02. The average Bonchev–Trinajstić information content (AvgIpc) is 2.31. The molecule has 3 nitrogen and oxygen atoms in total.